The van der Waals surface area contributed by atoms with Gasteiger partial charge in [-0.15, -0.1) is 0 Å². The van der Waals surface area contributed by atoms with E-state index in [0.29, 0.717) is 19.1 Å². The van der Waals surface area contributed by atoms with Gasteiger partial charge in [0.2, 0.25) is 0 Å². The molecule has 0 bridgehead atoms. The van der Waals surface area contributed by atoms with E-state index >= 15 is 0 Å². The summed E-state index contributed by atoms with van der Waals surface area (Å²) in [5.74, 6) is 0.830. The molecule has 0 atom stereocenters. The summed E-state index contributed by atoms with van der Waals surface area (Å²) in [6.45, 7) is 1.13. The summed E-state index contributed by atoms with van der Waals surface area (Å²) in [6.07, 6.45) is 5.65. The quantitative estimate of drug-likeness (QED) is 0.706. The molecule has 1 aliphatic carbocycles. The molecule has 15 heavy (non-hydrogen) atoms. The van der Waals surface area contributed by atoms with Crippen molar-refractivity contribution in [1.29, 1.82) is 0 Å². The molecule has 0 aliphatic heterocycles. The van der Waals surface area contributed by atoms with E-state index in [9.17, 15) is 0 Å². The first-order valence-electron chi connectivity index (χ1n) is 5.24. The van der Waals surface area contributed by atoms with Crippen LogP contribution in [-0.2, 0) is 6.54 Å². The van der Waals surface area contributed by atoms with Gasteiger partial charge in [0.05, 0.1) is 12.3 Å². The zero-order valence-corrected chi connectivity index (χ0v) is 8.63. The third-order valence-electron chi connectivity index (χ3n) is 2.55. The van der Waals surface area contributed by atoms with E-state index in [4.69, 9.17) is 10.8 Å². The maximum atomic E-state index is 9.02. The Morgan fingerprint density at radius 2 is 2.13 bits per heavy atom. The summed E-state index contributed by atoms with van der Waals surface area (Å²) in [5, 5.41) is 9.02. The fourth-order valence-electron chi connectivity index (χ4n) is 1.70. The molecule has 2 rings (SSSR count). The van der Waals surface area contributed by atoms with Crippen molar-refractivity contribution in [3.05, 3.63) is 18.1 Å². The maximum Gasteiger partial charge on any atom is 0.151 e. The molecule has 3 N–H and O–H groups in total. The summed E-state index contributed by atoms with van der Waals surface area (Å²) in [4.78, 5) is 10.6. The molecule has 82 valence electrons. The number of hydrogen-bond donors (Lipinski definition) is 2. The molecule has 1 fully saturated rings. The Morgan fingerprint density at radius 1 is 1.40 bits per heavy atom. The largest absolute Gasteiger partial charge is 0.395 e. The smallest absolute Gasteiger partial charge is 0.151 e. The Balaban J connectivity index is 2.23. The van der Waals surface area contributed by atoms with E-state index in [1.807, 2.05) is 0 Å². The topological polar surface area (TPSA) is 75.3 Å². The summed E-state index contributed by atoms with van der Waals surface area (Å²) >= 11 is 0. The van der Waals surface area contributed by atoms with E-state index in [1.54, 1.807) is 12.4 Å². The van der Waals surface area contributed by atoms with Crippen LogP contribution in [0.3, 0.4) is 0 Å². The zero-order valence-electron chi connectivity index (χ0n) is 8.63. The van der Waals surface area contributed by atoms with Gasteiger partial charge in [-0.25, -0.2) is 4.98 Å². The van der Waals surface area contributed by atoms with Crippen LogP contribution >= 0.6 is 0 Å². The van der Waals surface area contributed by atoms with E-state index in [0.717, 1.165) is 11.5 Å². The van der Waals surface area contributed by atoms with Crippen LogP contribution in [-0.4, -0.2) is 34.3 Å². The number of hydrogen-bond acceptors (Lipinski definition) is 5. The minimum atomic E-state index is 0.136. The van der Waals surface area contributed by atoms with Gasteiger partial charge in [0, 0.05) is 31.5 Å². The molecule has 1 aliphatic rings. The third-order valence-corrected chi connectivity index (χ3v) is 2.55. The Kier molecular flexibility index (Phi) is 3.13. The van der Waals surface area contributed by atoms with Gasteiger partial charge in [-0.1, -0.05) is 0 Å². The predicted molar refractivity (Wildman–Crippen MR) is 57.4 cm³/mol. The van der Waals surface area contributed by atoms with E-state index < -0.39 is 0 Å². The molecule has 1 saturated carbocycles. The lowest BCUT2D eigenvalue weighted by molar-refractivity contribution is 0.301. The van der Waals surface area contributed by atoms with E-state index in [1.165, 1.54) is 12.8 Å². The van der Waals surface area contributed by atoms with Crippen LogP contribution in [0.2, 0.25) is 0 Å². The SMILES string of the molecule is NCc1nccnc1N(CCO)C1CC1. The van der Waals surface area contributed by atoms with Gasteiger partial charge < -0.3 is 15.7 Å². The van der Waals surface area contributed by atoms with Gasteiger partial charge in [-0.2, -0.15) is 0 Å². The van der Waals surface area contributed by atoms with Gasteiger partial charge in [-0.05, 0) is 12.8 Å². The van der Waals surface area contributed by atoms with Crippen molar-refractivity contribution in [2.24, 2.45) is 5.73 Å². The molecule has 1 heterocycles. The first-order valence-corrected chi connectivity index (χ1v) is 5.24. The summed E-state index contributed by atoms with van der Waals surface area (Å²) in [7, 11) is 0. The molecule has 0 unspecified atom stereocenters. The number of anilines is 1. The van der Waals surface area contributed by atoms with Crippen LogP contribution in [0.5, 0.6) is 0 Å². The van der Waals surface area contributed by atoms with E-state index in [2.05, 4.69) is 14.9 Å². The molecular weight excluding hydrogens is 192 g/mol. The monoisotopic (exact) mass is 208 g/mol. The van der Waals surface area contributed by atoms with Crippen molar-refractivity contribution in [3.63, 3.8) is 0 Å². The summed E-state index contributed by atoms with van der Waals surface area (Å²) in [5.41, 5.74) is 6.42. The number of rotatable bonds is 5. The minimum Gasteiger partial charge on any atom is -0.395 e. The Bertz CT molecular complexity index is 327. The maximum absolute atomic E-state index is 9.02. The normalized spacial score (nSPS) is 15.3. The standard InChI is InChI=1S/C10H16N4O/c11-7-9-10(13-4-3-12-9)14(5-6-15)8-1-2-8/h3-4,8,15H,1-2,5-7,11H2. The zero-order chi connectivity index (χ0) is 10.7. The second-order valence-electron chi connectivity index (χ2n) is 3.68. The van der Waals surface area contributed by atoms with Crippen LogP contribution in [0.25, 0.3) is 0 Å². The lowest BCUT2D eigenvalue weighted by Crippen LogP contribution is -2.31. The highest BCUT2D eigenvalue weighted by atomic mass is 16.3. The molecule has 1 aromatic rings. The highest BCUT2D eigenvalue weighted by Gasteiger charge is 2.30. The molecular formula is C10H16N4O. The molecule has 0 amide bonds. The van der Waals surface area contributed by atoms with Crippen molar-refractivity contribution in [1.82, 2.24) is 9.97 Å². The fraction of sp³-hybridized carbons (Fsp3) is 0.600. The Hall–Kier alpha value is -1.20. The molecule has 0 radical (unpaired) electrons. The van der Waals surface area contributed by atoms with E-state index in [-0.39, 0.29) is 6.61 Å². The molecule has 5 nitrogen and oxygen atoms in total. The fourth-order valence-corrected chi connectivity index (χ4v) is 1.70. The molecule has 1 aromatic heterocycles. The Morgan fingerprint density at radius 3 is 2.73 bits per heavy atom. The minimum absolute atomic E-state index is 0.136. The van der Waals surface area contributed by atoms with Crippen molar-refractivity contribution in [3.8, 4) is 0 Å². The molecule has 0 saturated heterocycles. The number of nitrogens with two attached hydrogens (primary N) is 1. The Labute approximate surface area is 88.9 Å². The van der Waals surface area contributed by atoms with Crippen LogP contribution in [0.1, 0.15) is 18.5 Å². The first-order chi connectivity index (χ1) is 7.36. The number of aromatic nitrogens is 2. The predicted octanol–water partition coefficient (Wildman–Crippen LogP) is -0.104. The third kappa shape index (κ3) is 2.24. The van der Waals surface area contributed by atoms with Crippen LogP contribution in [0.4, 0.5) is 5.82 Å². The van der Waals surface area contributed by atoms with Gasteiger partial charge in [0.15, 0.2) is 5.82 Å². The number of aliphatic hydroxyl groups excluding tert-OH is 1. The average Bonchev–Trinajstić information content (AvgIpc) is 3.10. The number of aliphatic hydroxyl groups is 1. The van der Waals surface area contributed by atoms with Gasteiger partial charge in [0.25, 0.3) is 0 Å². The second-order valence-corrected chi connectivity index (χ2v) is 3.68. The summed E-state index contributed by atoms with van der Waals surface area (Å²) < 4.78 is 0. The van der Waals surface area contributed by atoms with Gasteiger partial charge in [0.1, 0.15) is 0 Å². The lowest BCUT2D eigenvalue weighted by Gasteiger charge is -2.23. The van der Waals surface area contributed by atoms with Crippen LogP contribution in [0.15, 0.2) is 12.4 Å². The van der Waals surface area contributed by atoms with Crippen LogP contribution < -0.4 is 10.6 Å². The second kappa shape index (κ2) is 4.55. The summed E-state index contributed by atoms with van der Waals surface area (Å²) in [6, 6.07) is 0.513. The van der Waals surface area contributed by atoms with Crippen molar-refractivity contribution >= 4 is 5.82 Å². The highest BCUT2D eigenvalue weighted by Crippen LogP contribution is 2.31. The molecule has 0 aromatic carbocycles. The van der Waals surface area contributed by atoms with Crippen LogP contribution in [0, 0.1) is 0 Å². The van der Waals surface area contributed by atoms with Gasteiger partial charge >= 0.3 is 0 Å². The molecule has 0 spiro atoms. The highest BCUT2D eigenvalue weighted by molar-refractivity contribution is 5.45. The first kappa shape index (κ1) is 10.3. The van der Waals surface area contributed by atoms with Gasteiger partial charge in [-0.3, -0.25) is 4.98 Å². The lowest BCUT2D eigenvalue weighted by atomic mass is 10.3. The average molecular weight is 208 g/mol. The molecule has 5 heteroatoms. The van der Waals surface area contributed by atoms with Crippen molar-refractivity contribution in [2.75, 3.05) is 18.1 Å². The van der Waals surface area contributed by atoms with Crippen molar-refractivity contribution < 1.29 is 5.11 Å². The van der Waals surface area contributed by atoms with Crippen molar-refractivity contribution in [2.45, 2.75) is 25.4 Å². The number of nitrogens with zero attached hydrogens (tertiary/aromatic N) is 3.